The van der Waals surface area contributed by atoms with Crippen molar-refractivity contribution >= 4 is 22.9 Å². The molecule has 38 heavy (non-hydrogen) atoms. The maximum Gasteiger partial charge on any atom is 0.278 e. The molecular formula is C26H30FN9O2. The Morgan fingerprint density at radius 2 is 1.92 bits per heavy atom. The van der Waals surface area contributed by atoms with Crippen molar-refractivity contribution < 1.29 is 4.39 Å². The van der Waals surface area contributed by atoms with Crippen LogP contribution in [-0.2, 0) is 20.5 Å². The van der Waals surface area contributed by atoms with E-state index >= 15 is 0 Å². The summed E-state index contributed by atoms with van der Waals surface area (Å²) in [5, 5.41) is 4.55. The standard InChI is InChI=1S/C26H30FN9O2/c1-13(2)8-19-21-23(35(5)32-19)24(38)31-25(30-21)36-11-15-16(12-36)22(15)34(4)26-29-18(9-20(37)33(26)3)14-6-7-28-10-17(14)27/h6-7,9-10,13,15-16,22H,8,11-12H2,1-5H3,(H,30,31,38)/t15-,16+,22+. The summed E-state index contributed by atoms with van der Waals surface area (Å²) in [5.74, 6) is 1.56. The van der Waals surface area contributed by atoms with E-state index in [1.165, 1.54) is 22.9 Å². The van der Waals surface area contributed by atoms with Gasteiger partial charge in [-0.1, -0.05) is 13.8 Å². The van der Waals surface area contributed by atoms with Crippen LogP contribution >= 0.6 is 0 Å². The molecule has 1 aliphatic heterocycles. The molecule has 11 nitrogen and oxygen atoms in total. The summed E-state index contributed by atoms with van der Waals surface area (Å²) in [7, 11) is 5.36. The van der Waals surface area contributed by atoms with Gasteiger partial charge in [0.1, 0.15) is 5.52 Å². The number of pyridine rings is 1. The largest absolute Gasteiger partial charge is 0.342 e. The number of nitrogens with one attached hydrogen (secondary N) is 1. The highest BCUT2D eigenvalue weighted by Crippen LogP contribution is 2.50. The van der Waals surface area contributed by atoms with Gasteiger partial charge in [-0.25, -0.2) is 14.4 Å². The van der Waals surface area contributed by atoms with E-state index in [1.54, 1.807) is 18.8 Å². The lowest BCUT2D eigenvalue weighted by molar-refractivity contribution is 0.623. The number of aromatic amines is 1. The minimum atomic E-state index is -0.524. The minimum Gasteiger partial charge on any atom is -0.342 e. The third-order valence-electron chi connectivity index (χ3n) is 7.72. The molecule has 3 atom stereocenters. The van der Waals surface area contributed by atoms with Gasteiger partial charge >= 0.3 is 0 Å². The smallest absolute Gasteiger partial charge is 0.278 e. The molecule has 0 aromatic carbocycles. The molecule has 5 heterocycles. The summed E-state index contributed by atoms with van der Waals surface area (Å²) in [5.41, 5.74) is 2.06. The van der Waals surface area contributed by atoms with Crippen molar-refractivity contribution in [3.8, 4) is 11.3 Å². The molecule has 1 aliphatic carbocycles. The number of aromatic nitrogens is 7. The molecule has 2 fully saturated rings. The van der Waals surface area contributed by atoms with Crippen LogP contribution in [0.15, 0.2) is 34.1 Å². The number of anilines is 2. The number of nitrogens with zero attached hydrogens (tertiary/aromatic N) is 8. The van der Waals surface area contributed by atoms with Gasteiger partial charge in [0, 0.05) is 69.9 Å². The van der Waals surface area contributed by atoms with E-state index in [0.29, 0.717) is 40.7 Å². The van der Waals surface area contributed by atoms with Gasteiger partial charge in [0.25, 0.3) is 11.1 Å². The summed E-state index contributed by atoms with van der Waals surface area (Å²) >= 11 is 0. The first-order valence-corrected chi connectivity index (χ1v) is 12.8. The molecule has 0 spiro atoms. The highest BCUT2D eigenvalue weighted by atomic mass is 19.1. The average molecular weight is 520 g/mol. The number of aryl methyl sites for hydroxylation is 1. The molecule has 0 bridgehead atoms. The fourth-order valence-electron chi connectivity index (χ4n) is 5.85. The molecule has 1 N–H and O–H groups in total. The first-order valence-electron chi connectivity index (χ1n) is 12.8. The van der Waals surface area contributed by atoms with Gasteiger partial charge in [-0.3, -0.25) is 28.8 Å². The number of hydrogen-bond donors (Lipinski definition) is 1. The predicted octanol–water partition coefficient (Wildman–Crippen LogP) is 1.72. The van der Waals surface area contributed by atoms with E-state index in [9.17, 15) is 14.0 Å². The van der Waals surface area contributed by atoms with Gasteiger partial charge in [0.2, 0.25) is 11.9 Å². The van der Waals surface area contributed by atoms with Crippen LogP contribution in [0.3, 0.4) is 0 Å². The fourth-order valence-corrected chi connectivity index (χ4v) is 5.85. The van der Waals surface area contributed by atoms with Crippen molar-refractivity contribution in [1.82, 2.24) is 34.3 Å². The average Bonchev–Trinajstić information content (AvgIpc) is 3.19. The molecule has 198 valence electrons. The number of hydrogen-bond acceptors (Lipinski definition) is 8. The molecule has 1 saturated heterocycles. The Kier molecular flexibility index (Phi) is 5.58. The third-order valence-corrected chi connectivity index (χ3v) is 7.72. The molecule has 0 radical (unpaired) electrons. The van der Waals surface area contributed by atoms with Gasteiger partial charge in [-0.05, 0) is 18.4 Å². The van der Waals surface area contributed by atoms with E-state index in [0.717, 1.165) is 31.4 Å². The Labute approximate surface area is 218 Å². The van der Waals surface area contributed by atoms with E-state index in [4.69, 9.17) is 4.98 Å². The quantitative estimate of drug-likeness (QED) is 0.409. The summed E-state index contributed by atoms with van der Waals surface area (Å²) in [6.07, 6.45) is 3.35. The Bertz CT molecular complexity index is 1660. The lowest BCUT2D eigenvalue weighted by Crippen LogP contribution is -2.37. The Morgan fingerprint density at radius 1 is 1.18 bits per heavy atom. The van der Waals surface area contributed by atoms with Gasteiger partial charge in [0.05, 0.1) is 17.6 Å². The SMILES string of the molecule is CC(C)Cc1nn(C)c2c(=O)[nH]c(N3C[C@@H]4[C@H](C3)[C@H]4N(C)c3nc(-c4ccncc4F)cc(=O)n3C)nc12. The van der Waals surface area contributed by atoms with E-state index in [-0.39, 0.29) is 28.4 Å². The Morgan fingerprint density at radius 3 is 2.61 bits per heavy atom. The van der Waals surface area contributed by atoms with Crippen LogP contribution in [0.5, 0.6) is 0 Å². The lowest BCUT2D eigenvalue weighted by Gasteiger charge is -2.26. The number of rotatable bonds is 6. The van der Waals surface area contributed by atoms with Gasteiger partial charge < -0.3 is 9.80 Å². The fraction of sp³-hybridized carbons (Fsp3) is 0.462. The summed E-state index contributed by atoms with van der Waals surface area (Å²) in [4.78, 5) is 46.0. The zero-order valence-electron chi connectivity index (χ0n) is 22.0. The van der Waals surface area contributed by atoms with Crippen LogP contribution in [-0.4, -0.2) is 60.5 Å². The highest BCUT2D eigenvalue weighted by Gasteiger charge is 2.58. The summed E-state index contributed by atoms with van der Waals surface area (Å²) in [6.45, 7) is 5.68. The molecule has 1 saturated carbocycles. The monoisotopic (exact) mass is 519 g/mol. The van der Waals surface area contributed by atoms with E-state index in [2.05, 4.69) is 38.8 Å². The maximum atomic E-state index is 14.4. The number of H-pyrrole nitrogens is 1. The molecular weight excluding hydrogens is 489 g/mol. The Balaban J connectivity index is 1.24. The van der Waals surface area contributed by atoms with Crippen LogP contribution in [0.25, 0.3) is 22.3 Å². The van der Waals surface area contributed by atoms with E-state index < -0.39 is 5.82 Å². The second kappa shape index (κ2) is 8.74. The molecule has 0 amide bonds. The van der Waals surface area contributed by atoms with Crippen molar-refractivity contribution in [3.63, 3.8) is 0 Å². The first-order chi connectivity index (χ1) is 18.1. The summed E-state index contributed by atoms with van der Waals surface area (Å²) in [6, 6.07) is 3.03. The van der Waals surface area contributed by atoms with Gasteiger partial charge in [-0.2, -0.15) is 5.10 Å². The second-order valence-corrected chi connectivity index (χ2v) is 10.8. The van der Waals surface area contributed by atoms with Crippen LogP contribution < -0.4 is 20.9 Å². The zero-order chi connectivity index (χ0) is 26.9. The molecule has 4 aromatic rings. The van der Waals surface area contributed by atoms with Gasteiger partial charge in [-0.15, -0.1) is 0 Å². The molecule has 12 heteroatoms. The predicted molar refractivity (Wildman–Crippen MR) is 142 cm³/mol. The molecule has 0 unspecified atom stereocenters. The normalized spacial score (nSPS) is 20.4. The number of fused-ring (bicyclic) bond motifs is 2. The highest BCUT2D eigenvalue weighted by molar-refractivity contribution is 5.78. The lowest BCUT2D eigenvalue weighted by atomic mass is 10.1. The van der Waals surface area contributed by atoms with Crippen molar-refractivity contribution in [2.24, 2.45) is 31.8 Å². The van der Waals surface area contributed by atoms with Gasteiger partial charge in [0.15, 0.2) is 11.3 Å². The minimum absolute atomic E-state index is 0.173. The Hall–Kier alpha value is -4.09. The maximum absolute atomic E-state index is 14.4. The van der Waals surface area contributed by atoms with Crippen LogP contribution in [0.1, 0.15) is 19.5 Å². The van der Waals surface area contributed by atoms with E-state index in [1.807, 2.05) is 11.9 Å². The van der Waals surface area contributed by atoms with Crippen LogP contribution in [0, 0.1) is 23.6 Å². The molecule has 6 rings (SSSR count). The van der Waals surface area contributed by atoms with Crippen molar-refractivity contribution in [2.75, 3.05) is 29.9 Å². The number of piperidine rings is 1. The number of halogens is 1. The zero-order valence-corrected chi connectivity index (χ0v) is 22.0. The molecule has 2 aliphatic rings. The summed E-state index contributed by atoms with van der Waals surface area (Å²) < 4.78 is 17.4. The van der Waals surface area contributed by atoms with Crippen molar-refractivity contribution in [3.05, 3.63) is 56.7 Å². The second-order valence-electron chi connectivity index (χ2n) is 10.8. The van der Waals surface area contributed by atoms with Crippen LogP contribution in [0.4, 0.5) is 16.3 Å². The van der Waals surface area contributed by atoms with Crippen molar-refractivity contribution in [2.45, 2.75) is 26.3 Å². The third kappa shape index (κ3) is 3.86. The topological polar surface area (TPSA) is 118 Å². The first kappa shape index (κ1) is 24.3. The molecule has 4 aromatic heterocycles. The van der Waals surface area contributed by atoms with Crippen molar-refractivity contribution in [1.29, 1.82) is 0 Å². The van der Waals surface area contributed by atoms with Crippen LogP contribution in [0.2, 0.25) is 0 Å².